The van der Waals surface area contributed by atoms with Crippen LogP contribution in [-0.4, -0.2) is 6.61 Å². The molecule has 0 amide bonds. The van der Waals surface area contributed by atoms with E-state index in [2.05, 4.69) is 6.07 Å². The summed E-state index contributed by atoms with van der Waals surface area (Å²) in [5.74, 6) is 0.699. The Kier molecular flexibility index (Phi) is 4.28. The number of benzene rings is 1. The highest BCUT2D eigenvalue weighted by molar-refractivity contribution is 6.32. The van der Waals surface area contributed by atoms with Crippen LogP contribution in [0.1, 0.15) is 18.4 Å². The molecule has 0 N–H and O–H groups in total. The lowest BCUT2D eigenvalue weighted by Crippen LogP contribution is -1.97. The van der Waals surface area contributed by atoms with Gasteiger partial charge in [-0.25, -0.2) is 0 Å². The second-order valence-electron chi connectivity index (χ2n) is 3.04. The Morgan fingerprint density at radius 2 is 2.29 bits per heavy atom. The summed E-state index contributed by atoms with van der Waals surface area (Å²) in [6, 6.07) is 7.72. The molecule has 74 valence electrons. The first-order valence-corrected chi connectivity index (χ1v) is 4.87. The zero-order valence-electron chi connectivity index (χ0n) is 8.09. The minimum atomic E-state index is 0.517. The van der Waals surface area contributed by atoms with E-state index in [1.54, 1.807) is 0 Å². The summed E-state index contributed by atoms with van der Waals surface area (Å²) >= 11 is 5.92. The van der Waals surface area contributed by atoms with Crippen LogP contribution >= 0.6 is 11.6 Å². The third-order valence-electron chi connectivity index (χ3n) is 1.78. The third kappa shape index (κ3) is 3.27. The number of nitrogens with zero attached hydrogens (tertiary/aromatic N) is 1. The maximum Gasteiger partial charge on any atom is 0.138 e. The fraction of sp³-hybridized carbons (Fsp3) is 0.364. The Morgan fingerprint density at radius 3 is 3.00 bits per heavy atom. The SMILES string of the molecule is Cc1ccc(Cl)c(OCCCC#N)c1. The quantitative estimate of drug-likeness (QED) is 0.713. The molecule has 1 aromatic carbocycles. The Morgan fingerprint density at radius 1 is 1.50 bits per heavy atom. The second-order valence-corrected chi connectivity index (χ2v) is 3.45. The first kappa shape index (κ1) is 10.9. The Labute approximate surface area is 89.1 Å². The van der Waals surface area contributed by atoms with Crippen LogP contribution in [0.25, 0.3) is 0 Å². The van der Waals surface area contributed by atoms with Gasteiger partial charge in [-0.1, -0.05) is 17.7 Å². The highest BCUT2D eigenvalue weighted by Crippen LogP contribution is 2.25. The van der Waals surface area contributed by atoms with Crippen molar-refractivity contribution in [2.75, 3.05) is 6.61 Å². The van der Waals surface area contributed by atoms with Crippen molar-refractivity contribution in [2.24, 2.45) is 0 Å². The lowest BCUT2D eigenvalue weighted by molar-refractivity contribution is 0.312. The number of rotatable bonds is 4. The Bertz CT molecular complexity index is 344. The summed E-state index contributed by atoms with van der Waals surface area (Å²) in [4.78, 5) is 0. The fourth-order valence-corrected chi connectivity index (χ4v) is 1.23. The number of hydrogen-bond acceptors (Lipinski definition) is 2. The van der Waals surface area contributed by atoms with E-state index in [0.717, 1.165) is 12.0 Å². The van der Waals surface area contributed by atoms with Crippen LogP contribution in [0.3, 0.4) is 0 Å². The first-order chi connectivity index (χ1) is 6.74. The molecule has 1 aromatic rings. The summed E-state index contributed by atoms with van der Waals surface area (Å²) in [7, 11) is 0. The molecular formula is C11H12ClNO. The highest BCUT2D eigenvalue weighted by Gasteiger charge is 2.00. The predicted molar refractivity (Wildman–Crippen MR) is 56.5 cm³/mol. The molecule has 2 nitrogen and oxygen atoms in total. The van der Waals surface area contributed by atoms with Gasteiger partial charge in [-0.05, 0) is 31.0 Å². The van der Waals surface area contributed by atoms with Crippen molar-refractivity contribution in [3.05, 3.63) is 28.8 Å². The molecule has 0 saturated heterocycles. The topological polar surface area (TPSA) is 33.0 Å². The number of hydrogen-bond donors (Lipinski definition) is 0. The summed E-state index contributed by atoms with van der Waals surface area (Å²) in [6.07, 6.45) is 1.25. The number of nitriles is 1. The van der Waals surface area contributed by atoms with Crippen molar-refractivity contribution in [2.45, 2.75) is 19.8 Å². The van der Waals surface area contributed by atoms with Gasteiger partial charge in [-0.2, -0.15) is 5.26 Å². The molecule has 1 rings (SSSR count). The molecule has 0 fully saturated rings. The van der Waals surface area contributed by atoms with Crippen LogP contribution in [-0.2, 0) is 0 Å². The summed E-state index contributed by atoms with van der Waals surface area (Å²) in [5, 5.41) is 8.95. The van der Waals surface area contributed by atoms with Gasteiger partial charge < -0.3 is 4.74 Å². The second kappa shape index (κ2) is 5.51. The molecule has 0 aromatic heterocycles. The van der Waals surface area contributed by atoms with E-state index in [9.17, 15) is 0 Å². The first-order valence-electron chi connectivity index (χ1n) is 4.50. The van der Waals surface area contributed by atoms with Crippen LogP contribution in [0.5, 0.6) is 5.75 Å². The van der Waals surface area contributed by atoms with E-state index >= 15 is 0 Å². The molecule has 0 aliphatic carbocycles. The van der Waals surface area contributed by atoms with Crippen molar-refractivity contribution in [3.63, 3.8) is 0 Å². The third-order valence-corrected chi connectivity index (χ3v) is 2.09. The highest BCUT2D eigenvalue weighted by atomic mass is 35.5. The predicted octanol–water partition coefficient (Wildman–Crippen LogP) is 3.33. The van der Waals surface area contributed by atoms with Crippen molar-refractivity contribution < 1.29 is 4.74 Å². The summed E-state index contributed by atoms with van der Waals surface area (Å²) in [5.41, 5.74) is 1.12. The van der Waals surface area contributed by atoms with Crippen molar-refractivity contribution in [1.82, 2.24) is 0 Å². The van der Waals surface area contributed by atoms with Gasteiger partial charge in [0, 0.05) is 6.42 Å². The van der Waals surface area contributed by atoms with Gasteiger partial charge in [-0.3, -0.25) is 0 Å². The fourth-order valence-electron chi connectivity index (χ4n) is 1.05. The monoisotopic (exact) mass is 209 g/mol. The molecule has 0 atom stereocenters. The smallest absolute Gasteiger partial charge is 0.138 e. The van der Waals surface area contributed by atoms with Crippen LogP contribution in [0, 0.1) is 18.3 Å². The Hall–Kier alpha value is -1.20. The lowest BCUT2D eigenvalue weighted by Gasteiger charge is -2.07. The number of ether oxygens (including phenoxy) is 1. The molecular weight excluding hydrogens is 198 g/mol. The van der Waals surface area contributed by atoms with E-state index < -0.39 is 0 Å². The maximum atomic E-state index is 8.33. The molecule has 0 radical (unpaired) electrons. The average molecular weight is 210 g/mol. The normalized spacial score (nSPS) is 9.50. The van der Waals surface area contributed by atoms with E-state index in [0.29, 0.717) is 23.8 Å². The minimum Gasteiger partial charge on any atom is -0.492 e. The number of aryl methyl sites for hydroxylation is 1. The number of halogens is 1. The minimum absolute atomic E-state index is 0.517. The molecule has 0 saturated carbocycles. The van der Waals surface area contributed by atoms with Gasteiger partial charge in [0.25, 0.3) is 0 Å². The molecule has 0 heterocycles. The lowest BCUT2D eigenvalue weighted by atomic mass is 10.2. The molecule has 0 aliphatic heterocycles. The van der Waals surface area contributed by atoms with Crippen LogP contribution < -0.4 is 4.74 Å². The number of unbranched alkanes of at least 4 members (excludes halogenated alkanes) is 1. The van der Waals surface area contributed by atoms with Crippen molar-refractivity contribution >= 4 is 11.6 Å². The largest absolute Gasteiger partial charge is 0.492 e. The van der Waals surface area contributed by atoms with Crippen LogP contribution in [0.15, 0.2) is 18.2 Å². The van der Waals surface area contributed by atoms with E-state index in [1.165, 1.54) is 0 Å². The average Bonchev–Trinajstić information content (AvgIpc) is 2.18. The molecule has 0 unspecified atom stereocenters. The van der Waals surface area contributed by atoms with Gasteiger partial charge in [-0.15, -0.1) is 0 Å². The zero-order valence-corrected chi connectivity index (χ0v) is 8.84. The molecule has 0 bridgehead atoms. The van der Waals surface area contributed by atoms with Gasteiger partial charge >= 0.3 is 0 Å². The van der Waals surface area contributed by atoms with Crippen molar-refractivity contribution in [3.8, 4) is 11.8 Å². The van der Waals surface area contributed by atoms with E-state index in [4.69, 9.17) is 21.6 Å². The van der Waals surface area contributed by atoms with E-state index in [1.807, 2.05) is 25.1 Å². The van der Waals surface area contributed by atoms with Gasteiger partial charge in [0.15, 0.2) is 0 Å². The summed E-state index contributed by atoms with van der Waals surface area (Å²) in [6.45, 7) is 2.52. The van der Waals surface area contributed by atoms with Crippen LogP contribution in [0.2, 0.25) is 5.02 Å². The van der Waals surface area contributed by atoms with Gasteiger partial charge in [0.05, 0.1) is 17.7 Å². The molecule has 0 aliphatic rings. The van der Waals surface area contributed by atoms with Gasteiger partial charge in [0.1, 0.15) is 5.75 Å². The standard InChI is InChI=1S/C11H12ClNO/c1-9-4-5-10(12)11(8-9)14-7-3-2-6-13/h4-5,8H,2-3,7H2,1H3. The molecule has 0 spiro atoms. The molecule has 3 heteroatoms. The summed E-state index contributed by atoms with van der Waals surface area (Å²) < 4.78 is 5.44. The van der Waals surface area contributed by atoms with E-state index in [-0.39, 0.29) is 0 Å². The maximum absolute atomic E-state index is 8.33. The van der Waals surface area contributed by atoms with Crippen LogP contribution in [0.4, 0.5) is 0 Å². The Balaban J connectivity index is 2.50. The van der Waals surface area contributed by atoms with Gasteiger partial charge in [0.2, 0.25) is 0 Å². The zero-order chi connectivity index (χ0) is 10.4. The van der Waals surface area contributed by atoms with Crippen molar-refractivity contribution in [1.29, 1.82) is 5.26 Å². The molecule has 14 heavy (non-hydrogen) atoms.